The van der Waals surface area contributed by atoms with Gasteiger partial charge in [0.15, 0.2) is 5.65 Å². The monoisotopic (exact) mass is 378 g/mol. The number of hydrogen-bond donors (Lipinski definition) is 2. The second kappa shape index (κ2) is 6.78. The second-order valence-corrected chi connectivity index (χ2v) is 6.29. The minimum absolute atomic E-state index is 0.0753. The average Bonchev–Trinajstić information content (AvgIpc) is 3.20. The van der Waals surface area contributed by atoms with Crippen molar-refractivity contribution in [3.8, 4) is 0 Å². The fourth-order valence-electron chi connectivity index (χ4n) is 3.24. The van der Waals surface area contributed by atoms with Crippen LogP contribution in [0, 0.1) is 0 Å². The van der Waals surface area contributed by atoms with Gasteiger partial charge in [-0.15, -0.1) is 0 Å². The number of aromatic nitrogens is 4. The van der Waals surface area contributed by atoms with Gasteiger partial charge in [-0.1, -0.05) is 18.2 Å². The molecule has 0 bridgehead atoms. The Morgan fingerprint density at radius 3 is 2.75 bits per heavy atom. The number of carbonyl (C=O) groups excluding carboxylic acids is 2. The number of aryl methyl sites for hydroxylation is 1. The van der Waals surface area contributed by atoms with Crippen molar-refractivity contribution in [3.63, 3.8) is 0 Å². The van der Waals surface area contributed by atoms with Gasteiger partial charge in [0.25, 0.3) is 11.8 Å². The summed E-state index contributed by atoms with van der Waals surface area (Å²) < 4.78 is 8.28. The van der Waals surface area contributed by atoms with Crippen LogP contribution in [0.15, 0.2) is 42.6 Å². The molecule has 0 spiro atoms. The number of methoxy groups -OCH3 is 1. The molecule has 0 atom stereocenters. The molecule has 0 aliphatic carbocycles. The summed E-state index contributed by atoms with van der Waals surface area (Å²) in [5, 5.41) is 8.21. The van der Waals surface area contributed by atoms with Crippen LogP contribution < -0.4 is 11.1 Å². The van der Waals surface area contributed by atoms with Crippen molar-refractivity contribution < 1.29 is 14.3 Å². The van der Waals surface area contributed by atoms with Gasteiger partial charge in [0, 0.05) is 31.3 Å². The van der Waals surface area contributed by atoms with E-state index in [0.717, 1.165) is 10.9 Å². The quantitative estimate of drug-likeness (QED) is 0.548. The maximum absolute atomic E-state index is 12.9. The van der Waals surface area contributed by atoms with Gasteiger partial charge >= 0.3 is 0 Å². The van der Waals surface area contributed by atoms with Gasteiger partial charge in [-0.2, -0.15) is 5.10 Å². The smallest absolute Gasteiger partial charge is 0.275 e. The Kier molecular flexibility index (Phi) is 4.28. The number of anilines is 1. The Morgan fingerprint density at radius 1 is 1.25 bits per heavy atom. The van der Waals surface area contributed by atoms with Crippen LogP contribution in [0.1, 0.15) is 26.5 Å². The van der Waals surface area contributed by atoms with Crippen LogP contribution in [0.25, 0.3) is 16.6 Å². The van der Waals surface area contributed by atoms with E-state index in [-0.39, 0.29) is 29.4 Å². The SMILES string of the molecule is COCc1nn2c(C(=O)Nc3cc4ccccc4n3C)ccnc2c1C(N)=O. The largest absolute Gasteiger partial charge is 0.378 e. The van der Waals surface area contributed by atoms with Crippen LogP contribution in [0.5, 0.6) is 0 Å². The molecule has 3 N–H and O–H groups in total. The molecule has 4 rings (SSSR count). The van der Waals surface area contributed by atoms with Crippen LogP contribution in [-0.2, 0) is 18.4 Å². The van der Waals surface area contributed by atoms with Crippen molar-refractivity contribution in [3.05, 3.63) is 59.5 Å². The Bertz CT molecular complexity index is 1220. The molecule has 4 aromatic rings. The molecule has 9 heteroatoms. The summed E-state index contributed by atoms with van der Waals surface area (Å²) in [6.45, 7) is 0.0753. The summed E-state index contributed by atoms with van der Waals surface area (Å²) in [6, 6.07) is 11.2. The van der Waals surface area contributed by atoms with Gasteiger partial charge in [-0.3, -0.25) is 9.59 Å². The number of ether oxygens (including phenoxy) is 1. The van der Waals surface area contributed by atoms with Crippen LogP contribution in [0.4, 0.5) is 5.82 Å². The van der Waals surface area contributed by atoms with Crippen LogP contribution in [0.2, 0.25) is 0 Å². The molecule has 0 aliphatic rings. The first-order valence-electron chi connectivity index (χ1n) is 8.52. The number of nitrogens with zero attached hydrogens (tertiary/aromatic N) is 4. The highest BCUT2D eigenvalue weighted by atomic mass is 16.5. The molecule has 0 aliphatic heterocycles. The van der Waals surface area contributed by atoms with Crippen molar-refractivity contribution in [2.24, 2.45) is 12.8 Å². The van der Waals surface area contributed by atoms with Gasteiger partial charge in [0.05, 0.1) is 6.61 Å². The highest BCUT2D eigenvalue weighted by molar-refractivity contribution is 6.05. The summed E-state index contributed by atoms with van der Waals surface area (Å²) in [4.78, 5) is 29.0. The molecule has 0 radical (unpaired) electrons. The third-order valence-corrected chi connectivity index (χ3v) is 4.54. The molecule has 3 heterocycles. The molecule has 1 aromatic carbocycles. The lowest BCUT2D eigenvalue weighted by atomic mass is 10.2. The molecule has 0 saturated heterocycles. The predicted molar refractivity (Wildman–Crippen MR) is 103 cm³/mol. The maximum atomic E-state index is 12.9. The van der Waals surface area contributed by atoms with Crippen molar-refractivity contribution >= 4 is 34.2 Å². The minimum atomic E-state index is -0.680. The molecular formula is C19H18N6O3. The lowest BCUT2D eigenvalue weighted by Crippen LogP contribution is -2.18. The predicted octanol–water partition coefficient (Wildman–Crippen LogP) is 1.72. The first kappa shape index (κ1) is 17.7. The number of hydrogen-bond acceptors (Lipinski definition) is 5. The van der Waals surface area contributed by atoms with E-state index in [1.165, 1.54) is 23.9 Å². The number of fused-ring (bicyclic) bond motifs is 2. The summed E-state index contributed by atoms with van der Waals surface area (Å²) in [5.74, 6) is -0.433. The van der Waals surface area contributed by atoms with Crippen molar-refractivity contribution in [2.45, 2.75) is 6.61 Å². The molecule has 0 fully saturated rings. The van der Waals surface area contributed by atoms with Crippen molar-refractivity contribution in [2.75, 3.05) is 12.4 Å². The van der Waals surface area contributed by atoms with E-state index < -0.39 is 5.91 Å². The van der Waals surface area contributed by atoms with E-state index >= 15 is 0 Å². The lowest BCUT2D eigenvalue weighted by Gasteiger charge is -2.08. The van der Waals surface area contributed by atoms with Gasteiger partial charge in [-0.05, 0) is 18.2 Å². The Hall–Kier alpha value is -3.72. The Morgan fingerprint density at radius 2 is 2.04 bits per heavy atom. The van der Waals surface area contributed by atoms with E-state index in [1.807, 2.05) is 41.9 Å². The Balaban J connectivity index is 1.77. The number of nitrogens with two attached hydrogens (primary N) is 1. The van der Waals surface area contributed by atoms with E-state index in [1.54, 1.807) is 0 Å². The molecule has 142 valence electrons. The highest BCUT2D eigenvalue weighted by Gasteiger charge is 2.22. The second-order valence-electron chi connectivity index (χ2n) is 6.29. The van der Waals surface area contributed by atoms with E-state index in [9.17, 15) is 9.59 Å². The molecule has 2 amide bonds. The number of rotatable bonds is 5. The normalized spacial score (nSPS) is 11.2. The standard InChI is InChI=1S/C19H18N6O3/c1-24-13-6-4-3-5-11(13)9-15(24)22-19(27)14-7-8-21-18-16(17(20)26)12(10-28-2)23-25(14)18/h3-9H,10H2,1-2H3,(H2,20,26)(H,22,27). The number of carbonyl (C=O) groups is 2. The van der Waals surface area contributed by atoms with Crippen LogP contribution in [0.3, 0.4) is 0 Å². The lowest BCUT2D eigenvalue weighted by molar-refractivity contribution is 0.0993. The first-order chi connectivity index (χ1) is 13.5. The summed E-state index contributed by atoms with van der Waals surface area (Å²) in [5.41, 5.74) is 7.37. The average molecular weight is 378 g/mol. The van der Waals surface area contributed by atoms with Gasteiger partial charge in [0.1, 0.15) is 22.8 Å². The number of nitrogens with one attached hydrogen (secondary N) is 1. The van der Waals surface area contributed by atoms with Gasteiger partial charge in [0.2, 0.25) is 0 Å². The van der Waals surface area contributed by atoms with E-state index in [4.69, 9.17) is 10.5 Å². The summed E-state index contributed by atoms with van der Waals surface area (Å²) in [6.07, 6.45) is 1.44. The zero-order valence-corrected chi connectivity index (χ0v) is 15.3. The fourth-order valence-corrected chi connectivity index (χ4v) is 3.24. The minimum Gasteiger partial charge on any atom is -0.378 e. The van der Waals surface area contributed by atoms with Crippen LogP contribution >= 0.6 is 0 Å². The van der Waals surface area contributed by atoms with Crippen LogP contribution in [-0.4, -0.2) is 38.1 Å². The number of amides is 2. The molecule has 3 aromatic heterocycles. The number of primary amides is 1. The van der Waals surface area contributed by atoms with E-state index in [2.05, 4.69) is 15.4 Å². The van der Waals surface area contributed by atoms with Gasteiger partial charge in [-0.25, -0.2) is 9.50 Å². The zero-order valence-electron chi connectivity index (χ0n) is 15.3. The molecular weight excluding hydrogens is 360 g/mol. The topological polar surface area (TPSA) is 117 Å². The van der Waals surface area contributed by atoms with Crippen molar-refractivity contribution in [1.29, 1.82) is 0 Å². The maximum Gasteiger partial charge on any atom is 0.275 e. The molecule has 0 saturated carbocycles. The van der Waals surface area contributed by atoms with Crippen molar-refractivity contribution in [1.82, 2.24) is 19.2 Å². The fraction of sp³-hybridized carbons (Fsp3) is 0.158. The molecule has 9 nitrogen and oxygen atoms in total. The molecule has 0 unspecified atom stereocenters. The highest BCUT2D eigenvalue weighted by Crippen LogP contribution is 2.23. The Labute approximate surface area is 159 Å². The third-order valence-electron chi connectivity index (χ3n) is 4.54. The number of benzene rings is 1. The first-order valence-corrected chi connectivity index (χ1v) is 8.52. The third kappa shape index (κ3) is 2.78. The summed E-state index contributed by atoms with van der Waals surface area (Å²) >= 11 is 0. The number of para-hydroxylation sites is 1. The zero-order chi connectivity index (χ0) is 19.8. The van der Waals surface area contributed by atoms with E-state index in [0.29, 0.717) is 11.5 Å². The van der Waals surface area contributed by atoms with Gasteiger partial charge < -0.3 is 20.4 Å². The summed E-state index contributed by atoms with van der Waals surface area (Å²) in [7, 11) is 3.35. The molecule has 28 heavy (non-hydrogen) atoms.